The lowest BCUT2D eigenvalue weighted by molar-refractivity contribution is 1.15. The van der Waals surface area contributed by atoms with Crippen molar-refractivity contribution in [1.82, 2.24) is 0 Å². The summed E-state index contributed by atoms with van der Waals surface area (Å²) in [4.78, 5) is 0. The molecular formula is C10H8N4. The summed E-state index contributed by atoms with van der Waals surface area (Å²) in [5.41, 5.74) is 15.2. The van der Waals surface area contributed by atoms with Crippen LogP contribution in [0.3, 0.4) is 0 Å². The van der Waals surface area contributed by atoms with Gasteiger partial charge < -0.3 is 0 Å². The van der Waals surface area contributed by atoms with Gasteiger partial charge in [0.25, 0.3) is 0 Å². The zero-order valence-corrected chi connectivity index (χ0v) is 7.36. The summed E-state index contributed by atoms with van der Waals surface area (Å²) in [5, 5.41) is 8.56. The Morgan fingerprint density at radius 1 is 0.714 bits per heavy atom. The van der Waals surface area contributed by atoms with Crippen LogP contribution in [-0.4, -0.2) is 0 Å². The van der Waals surface area contributed by atoms with Crippen LogP contribution in [0.25, 0.3) is 10.8 Å². The van der Waals surface area contributed by atoms with Crippen molar-refractivity contribution in [3.05, 3.63) is 36.4 Å². The largest absolute Gasteiger partial charge is 0.204 e. The molecule has 4 nitrogen and oxygen atoms in total. The highest BCUT2D eigenvalue weighted by atomic mass is 15.0. The van der Waals surface area contributed by atoms with Gasteiger partial charge in [0.1, 0.15) is 0 Å². The molecule has 0 saturated heterocycles. The van der Waals surface area contributed by atoms with Gasteiger partial charge in [0.05, 0.1) is 11.4 Å². The van der Waals surface area contributed by atoms with E-state index in [4.69, 9.17) is 11.1 Å². The molecule has 2 aromatic rings. The number of hydrogen-bond donors (Lipinski definition) is 2. The summed E-state index contributed by atoms with van der Waals surface area (Å²) in [6, 6.07) is 10.9. The summed E-state index contributed by atoms with van der Waals surface area (Å²) in [5.74, 6) is 0. The molecule has 0 amide bonds. The normalized spacial score (nSPS) is 10.0. The van der Waals surface area contributed by atoms with Crippen molar-refractivity contribution >= 4 is 22.1 Å². The SMILES string of the molecule is N=Nc1cccc2c(N=N)cccc12. The van der Waals surface area contributed by atoms with E-state index >= 15 is 0 Å². The van der Waals surface area contributed by atoms with Crippen molar-refractivity contribution in [1.29, 1.82) is 11.1 Å². The number of nitrogens with one attached hydrogen (secondary N) is 2. The summed E-state index contributed by atoms with van der Waals surface area (Å²) in [6.07, 6.45) is 0. The smallest absolute Gasteiger partial charge is 0.0929 e. The minimum absolute atomic E-state index is 0.605. The summed E-state index contributed by atoms with van der Waals surface area (Å²) < 4.78 is 0. The quantitative estimate of drug-likeness (QED) is 0.657. The van der Waals surface area contributed by atoms with Gasteiger partial charge in [0.15, 0.2) is 0 Å². The minimum Gasteiger partial charge on any atom is -0.204 e. The molecule has 0 heterocycles. The van der Waals surface area contributed by atoms with Crippen molar-refractivity contribution in [2.24, 2.45) is 10.2 Å². The molecule has 14 heavy (non-hydrogen) atoms. The molecule has 0 unspecified atom stereocenters. The zero-order valence-electron chi connectivity index (χ0n) is 7.36. The van der Waals surface area contributed by atoms with E-state index in [1.54, 1.807) is 12.1 Å². The van der Waals surface area contributed by atoms with Crippen molar-refractivity contribution in [3.63, 3.8) is 0 Å². The topological polar surface area (TPSA) is 72.4 Å². The van der Waals surface area contributed by atoms with Crippen LogP contribution in [0.5, 0.6) is 0 Å². The standard InChI is InChI=1S/C10H8N4/c11-13-9-5-1-3-7-8(9)4-2-6-10(7)14-12/h1-6,11-12H. The Bertz CT molecular complexity index is 457. The van der Waals surface area contributed by atoms with Crippen LogP contribution in [0.2, 0.25) is 0 Å². The minimum atomic E-state index is 0.605. The molecule has 0 aromatic heterocycles. The maximum absolute atomic E-state index is 7.00. The number of hydrogen-bond acceptors (Lipinski definition) is 4. The van der Waals surface area contributed by atoms with Gasteiger partial charge in [-0.2, -0.15) is 10.2 Å². The Morgan fingerprint density at radius 2 is 1.14 bits per heavy atom. The third-order valence-corrected chi connectivity index (χ3v) is 2.12. The lowest BCUT2D eigenvalue weighted by Gasteiger charge is -2.01. The van der Waals surface area contributed by atoms with Gasteiger partial charge in [0, 0.05) is 10.8 Å². The fraction of sp³-hybridized carbons (Fsp3) is 0. The average Bonchev–Trinajstić information content (AvgIpc) is 2.27. The molecule has 0 fully saturated rings. The first-order chi connectivity index (χ1) is 6.86. The Kier molecular flexibility index (Phi) is 2.02. The zero-order chi connectivity index (χ0) is 9.97. The fourth-order valence-corrected chi connectivity index (χ4v) is 1.47. The highest BCUT2D eigenvalue weighted by molar-refractivity contribution is 5.99. The van der Waals surface area contributed by atoms with Crippen LogP contribution in [-0.2, 0) is 0 Å². The predicted molar refractivity (Wildman–Crippen MR) is 53.6 cm³/mol. The Labute approximate surface area is 80.6 Å². The van der Waals surface area contributed by atoms with Crippen LogP contribution in [0.4, 0.5) is 11.4 Å². The molecule has 2 aromatic carbocycles. The number of rotatable bonds is 2. The van der Waals surface area contributed by atoms with E-state index in [1.165, 1.54) is 0 Å². The molecular weight excluding hydrogens is 176 g/mol. The number of fused-ring (bicyclic) bond motifs is 1. The fourth-order valence-electron chi connectivity index (χ4n) is 1.47. The molecule has 0 aliphatic carbocycles. The third kappa shape index (κ3) is 1.17. The van der Waals surface area contributed by atoms with Gasteiger partial charge in [0.2, 0.25) is 0 Å². The van der Waals surface area contributed by atoms with Crippen LogP contribution in [0.1, 0.15) is 0 Å². The molecule has 2 N–H and O–H groups in total. The highest BCUT2D eigenvalue weighted by Crippen LogP contribution is 2.31. The molecule has 0 atom stereocenters. The predicted octanol–water partition coefficient (Wildman–Crippen LogP) is 4.16. The summed E-state index contributed by atoms with van der Waals surface area (Å²) >= 11 is 0. The van der Waals surface area contributed by atoms with E-state index in [1.807, 2.05) is 24.3 Å². The molecule has 0 spiro atoms. The molecule has 0 bridgehead atoms. The van der Waals surface area contributed by atoms with Crippen molar-refractivity contribution < 1.29 is 0 Å². The Hall–Kier alpha value is -2.10. The molecule has 4 heteroatoms. The first-order valence-electron chi connectivity index (χ1n) is 4.13. The van der Waals surface area contributed by atoms with Gasteiger partial charge in [-0.3, -0.25) is 0 Å². The Balaban J connectivity index is 2.90. The van der Waals surface area contributed by atoms with Gasteiger partial charge in [-0.05, 0) is 12.1 Å². The molecule has 0 aliphatic rings. The number of benzene rings is 2. The summed E-state index contributed by atoms with van der Waals surface area (Å²) in [6.45, 7) is 0. The first kappa shape index (κ1) is 8.50. The van der Waals surface area contributed by atoms with Crippen molar-refractivity contribution in [2.75, 3.05) is 0 Å². The second-order valence-electron chi connectivity index (χ2n) is 2.87. The van der Waals surface area contributed by atoms with Crippen LogP contribution < -0.4 is 0 Å². The molecule has 0 saturated carbocycles. The molecule has 0 radical (unpaired) electrons. The van der Waals surface area contributed by atoms with E-state index in [-0.39, 0.29) is 0 Å². The third-order valence-electron chi connectivity index (χ3n) is 2.12. The van der Waals surface area contributed by atoms with E-state index in [2.05, 4.69) is 10.2 Å². The van der Waals surface area contributed by atoms with Crippen LogP contribution >= 0.6 is 0 Å². The van der Waals surface area contributed by atoms with Crippen LogP contribution in [0, 0.1) is 11.1 Å². The van der Waals surface area contributed by atoms with Gasteiger partial charge in [-0.15, -0.1) is 0 Å². The summed E-state index contributed by atoms with van der Waals surface area (Å²) in [7, 11) is 0. The highest BCUT2D eigenvalue weighted by Gasteiger charge is 2.02. The first-order valence-corrected chi connectivity index (χ1v) is 4.13. The second-order valence-corrected chi connectivity index (χ2v) is 2.87. The van der Waals surface area contributed by atoms with Gasteiger partial charge in [-0.25, -0.2) is 11.1 Å². The van der Waals surface area contributed by atoms with Gasteiger partial charge >= 0.3 is 0 Å². The van der Waals surface area contributed by atoms with E-state index in [0.29, 0.717) is 11.4 Å². The van der Waals surface area contributed by atoms with E-state index in [9.17, 15) is 0 Å². The molecule has 0 aliphatic heterocycles. The molecule has 68 valence electrons. The average molecular weight is 184 g/mol. The lowest BCUT2D eigenvalue weighted by atomic mass is 10.1. The van der Waals surface area contributed by atoms with Crippen molar-refractivity contribution in [3.8, 4) is 0 Å². The maximum atomic E-state index is 7.00. The monoisotopic (exact) mass is 184 g/mol. The molecule has 2 rings (SSSR count). The van der Waals surface area contributed by atoms with Crippen molar-refractivity contribution in [2.45, 2.75) is 0 Å². The number of nitrogens with zero attached hydrogens (tertiary/aromatic N) is 2. The Morgan fingerprint density at radius 3 is 1.50 bits per heavy atom. The van der Waals surface area contributed by atoms with Gasteiger partial charge in [-0.1, -0.05) is 24.3 Å². The second kappa shape index (κ2) is 3.33. The van der Waals surface area contributed by atoms with Crippen LogP contribution in [0.15, 0.2) is 46.6 Å². The maximum Gasteiger partial charge on any atom is 0.0929 e. The van der Waals surface area contributed by atoms with E-state index < -0.39 is 0 Å². The lowest BCUT2D eigenvalue weighted by Crippen LogP contribution is -1.73. The van der Waals surface area contributed by atoms with E-state index in [0.717, 1.165) is 10.8 Å².